The number of hydrogen-bond donors (Lipinski definition) is 0. The Morgan fingerprint density at radius 3 is 2.79 bits per heavy atom. The fraction of sp³-hybridized carbons (Fsp3) is 0.615. The first-order valence-electron chi connectivity index (χ1n) is 5.35. The minimum atomic E-state index is 0.362. The molecule has 1 aliphatic rings. The molecule has 2 atom stereocenters. The fourth-order valence-corrected chi connectivity index (χ4v) is 2.40. The second-order valence-corrected chi connectivity index (χ2v) is 4.89. The van der Waals surface area contributed by atoms with E-state index >= 15 is 0 Å². The molecule has 2 unspecified atom stereocenters. The first-order chi connectivity index (χ1) is 6.58. The maximum absolute atomic E-state index is 10.2. The minimum Gasteiger partial charge on any atom is -0.299 e. The third kappa shape index (κ3) is 2.57. The molecule has 0 fully saturated rings. The molecule has 1 heteroatoms. The Hall–Kier alpha value is -0.850. The predicted molar refractivity (Wildman–Crippen MR) is 60.0 cm³/mol. The summed E-state index contributed by atoms with van der Waals surface area (Å²) in [5, 5.41) is 0. The predicted octanol–water partition coefficient (Wildman–Crippen LogP) is 3.37. The van der Waals surface area contributed by atoms with Crippen molar-refractivity contribution in [2.45, 2.75) is 33.6 Å². The van der Waals surface area contributed by atoms with E-state index in [1.165, 1.54) is 0 Å². The van der Waals surface area contributed by atoms with E-state index in [0.717, 1.165) is 19.1 Å². The number of carbonyl (C=O) groups is 1. The van der Waals surface area contributed by atoms with Gasteiger partial charge in [0.1, 0.15) is 6.29 Å². The molecule has 0 amide bonds. The van der Waals surface area contributed by atoms with Gasteiger partial charge in [-0.1, -0.05) is 39.0 Å². The number of hydrogen-bond acceptors (Lipinski definition) is 1. The maximum atomic E-state index is 10.2. The van der Waals surface area contributed by atoms with Crippen LogP contribution in [0.3, 0.4) is 0 Å². The van der Waals surface area contributed by atoms with Gasteiger partial charge in [-0.15, -0.1) is 0 Å². The van der Waals surface area contributed by atoms with Crippen LogP contribution < -0.4 is 0 Å². The summed E-state index contributed by atoms with van der Waals surface area (Å²) in [5.41, 5.74) is 0.362. The van der Waals surface area contributed by atoms with E-state index in [4.69, 9.17) is 0 Å². The zero-order valence-corrected chi connectivity index (χ0v) is 9.36. The Morgan fingerprint density at radius 1 is 1.50 bits per heavy atom. The highest BCUT2D eigenvalue weighted by Gasteiger charge is 2.33. The van der Waals surface area contributed by atoms with E-state index < -0.39 is 0 Å². The van der Waals surface area contributed by atoms with Gasteiger partial charge in [0.05, 0.1) is 0 Å². The van der Waals surface area contributed by atoms with Crippen molar-refractivity contribution in [1.82, 2.24) is 0 Å². The summed E-state index contributed by atoms with van der Waals surface area (Å²) in [7, 11) is 0. The first kappa shape index (κ1) is 11.2. The van der Waals surface area contributed by atoms with Gasteiger partial charge in [0, 0.05) is 0 Å². The molecule has 0 radical (unpaired) electrons. The molecule has 1 nitrogen and oxygen atoms in total. The largest absolute Gasteiger partial charge is 0.299 e. The Bertz CT molecular complexity index is 248. The van der Waals surface area contributed by atoms with Crippen LogP contribution in [-0.2, 0) is 4.79 Å². The SMILES string of the molecule is CC1C=CCC(C)(C)C1CC=CC=O. The molecule has 0 aromatic rings. The van der Waals surface area contributed by atoms with Crippen molar-refractivity contribution in [3.8, 4) is 0 Å². The van der Waals surface area contributed by atoms with E-state index in [1.807, 2.05) is 6.08 Å². The Balaban J connectivity index is 2.67. The van der Waals surface area contributed by atoms with E-state index in [-0.39, 0.29) is 0 Å². The normalized spacial score (nSPS) is 30.8. The highest BCUT2D eigenvalue weighted by atomic mass is 16.1. The summed E-state index contributed by atoms with van der Waals surface area (Å²) in [4.78, 5) is 10.2. The van der Waals surface area contributed by atoms with E-state index in [0.29, 0.717) is 17.3 Å². The molecule has 0 spiro atoms. The lowest BCUT2D eigenvalue weighted by atomic mass is 9.66. The molecule has 0 aliphatic heterocycles. The molecule has 0 saturated carbocycles. The van der Waals surface area contributed by atoms with Gasteiger partial charge in [0.15, 0.2) is 0 Å². The summed E-state index contributed by atoms with van der Waals surface area (Å²) >= 11 is 0. The summed E-state index contributed by atoms with van der Waals surface area (Å²) < 4.78 is 0. The van der Waals surface area contributed by atoms with Crippen LogP contribution in [0.5, 0.6) is 0 Å². The first-order valence-corrected chi connectivity index (χ1v) is 5.35. The average molecular weight is 192 g/mol. The summed E-state index contributed by atoms with van der Waals surface area (Å²) in [6.07, 6.45) is 11.2. The number of carbonyl (C=O) groups excluding carboxylic acids is 1. The van der Waals surface area contributed by atoms with Gasteiger partial charge in [-0.25, -0.2) is 0 Å². The van der Waals surface area contributed by atoms with E-state index in [2.05, 4.69) is 32.9 Å². The maximum Gasteiger partial charge on any atom is 0.142 e. The second-order valence-electron chi connectivity index (χ2n) is 4.89. The quantitative estimate of drug-likeness (QED) is 0.380. The van der Waals surface area contributed by atoms with Gasteiger partial charge in [-0.3, -0.25) is 4.79 Å². The van der Waals surface area contributed by atoms with Crippen molar-refractivity contribution >= 4 is 6.29 Å². The smallest absolute Gasteiger partial charge is 0.142 e. The van der Waals surface area contributed by atoms with Crippen molar-refractivity contribution in [3.05, 3.63) is 24.3 Å². The van der Waals surface area contributed by atoms with Crippen LogP contribution in [0.25, 0.3) is 0 Å². The minimum absolute atomic E-state index is 0.362. The van der Waals surface area contributed by atoms with Crippen LogP contribution >= 0.6 is 0 Å². The zero-order chi connectivity index (χ0) is 10.6. The van der Waals surface area contributed by atoms with Gasteiger partial charge in [-0.05, 0) is 36.2 Å². The fourth-order valence-electron chi connectivity index (χ4n) is 2.40. The average Bonchev–Trinajstić information content (AvgIpc) is 2.09. The third-order valence-corrected chi connectivity index (χ3v) is 3.33. The van der Waals surface area contributed by atoms with Gasteiger partial charge in [-0.2, -0.15) is 0 Å². The van der Waals surface area contributed by atoms with Crippen LogP contribution in [0, 0.1) is 17.3 Å². The lowest BCUT2D eigenvalue weighted by Gasteiger charge is -2.39. The van der Waals surface area contributed by atoms with Crippen molar-refractivity contribution in [3.63, 3.8) is 0 Å². The van der Waals surface area contributed by atoms with Crippen molar-refractivity contribution < 1.29 is 4.79 Å². The van der Waals surface area contributed by atoms with Crippen LogP contribution in [0.1, 0.15) is 33.6 Å². The van der Waals surface area contributed by atoms with Gasteiger partial charge in [0.25, 0.3) is 0 Å². The molecule has 0 saturated heterocycles. The molecule has 0 aromatic carbocycles. The summed E-state index contributed by atoms with van der Waals surface area (Å²) in [6, 6.07) is 0. The Morgan fingerprint density at radius 2 is 2.21 bits per heavy atom. The van der Waals surface area contributed by atoms with Gasteiger partial charge >= 0.3 is 0 Å². The Kier molecular flexibility index (Phi) is 3.68. The Labute approximate surface area is 86.9 Å². The monoisotopic (exact) mass is 192 g/mol. The highest BCUT2D eigenvalue weighted by molar-refractivity contribution is 5.64. The van der Waals surface area contributed by atoms with Crippen molar-refractivity contribution in [2.24, 2.45) is 17.3 Å². The number of aldehydes is 1. The van der Waals surface area contributed by atoms with Gasteiger partial charge in [0.2, 0.25) is 0 Å². The van der Waals surface area contributed by atoms with Crippen molar-refractivity contribution in [2.75, 3.05) is 0 Å². The molecular formula is C13H20O. The molecule has 0 aromatic heterocycles. The highest BCUT2D eigenvalue weighted by Crippen LogP contribution is 2.42. The number of allylic oxidation sites excluding steroid dienone is 4. The van der Waals surface area contributed by atoms with Crippen LogP contribution in [-0.4, -0.2) is 6.29 Å². The third-order valence-electron chi connectivity index (χ3n) is 3.33. The second kappa shape index (κ2) is 4.59. The lowest BCUT2D eigenvalue weighted by molar-refractivity contribution is -0.104. The van der Waals surface area contributed by atoms with E-state index in [1.54, 1.807) is 6.08 Å². The standard InChI is InChI=1S/C13H20O/c1-11-7-6-9-13(2,3)12(11)8-4-5-10-14/h4-7,10-12H,8-9H2,1-3H3. The molecule has 1 rings (SSSR count). The van der Waals surface area contributed by atoms with Crippen molar-refractivity contribution in [1.29, 1.82) is 0 Å². The van der Waals surface area contributed by atoms with Gasteiger partial charge < -0.3 is 0 Å². The van der Waals surface area contributed by atoms with Crippen LogP contribution in [0.15, 0.2) is 24.3 Å². The molecule has 1 aliphatic carbocycles. The molecule has 14 heavy (non-hydrogen) atoms. The number of rotatable bonds is 3. The molecule has 0 N–H and O–H groups in total. The molecule has 0 heterocycles. The zero-order valence-electron chi connectivity index (χ0n) is 9.36. The van der Waals surface area contributed by atoms with Crippen LogP contribution in [0.4, 0.5) is 0 Å². The topological polar surface area (TPSA) is 17.1 Å². The molecule has 0 bridgehead atoms. The molecular weight excluding hydrogens is 172 g/mol. The summed E-state index contributed by atoms with van der Waals surface area (Å²) in [6.45, 7) is 6.88. The van der Waals surface area contributed by atoms with Crippen LogP contribution in [0.2, 0.25) is 0 Å². The summed E-state index contributed by atoms with van der Waals surface area (Å²) in [5.74, 6) is 1.28. The lowest BCUT2D eigenvalue weighted by Crippen LogP contribution is -2.30. The van der Waals surface area contributed by atoms with E-state index in [9.17, 15) is 4.79 Å². The molecule has 78 valence electrons.